The van der Waals surface area contributed by atoms with Gasteiger partial charge in [0.2, 0.25) is 0 Å². The topological polar surface area (TPSA) is 104 Å². The first kappa shape index (κ1) is 28.3. The van der Waals surface area contributed by atoms with Crippen LogP contribution in [0.4, 0.5) is 29.3 Å². The van der Waals surface area contributed by atoms with Gasteiger partial charge in [-0.2, -0.15) is 13.2 Å². The number of fused-ring (bicyclic) bond motifs is 1. The van der Waals surface area contributed by atoms with Crippen LogP contribution < -0.4 is 13.9 Å². The van der Waals surface area contributed by atoms with Crippen LogP contribution in [0.15, 0.2) is 47.4 Å². The van der Waals surface area contributed by atoms with Gasteiger partial charge in [-0.05, 0) is 57.5 Å². The summed E-state index contributed by atoms with van der Waals surface area (Å²) in [7, 11) is -4.24. The maximum absolute atomic E-state index is 13.8. The number of sulfonamides is 1. The van der Waals surface area contributed by atoms with E-state index < -0.39 is 39.4 Å². The average molecular weight is 543 g/mol. The molecule has 202 valence electrons. The highest BCUT2D eigenvalue weighted by molar-refractivity contribution is 7.92. The van der Waals surface area contributed by atoms with Gasteiger partial charge < -0.3 is 14.6 Å². The summed E-state index contributed by atoms with van der Waals surface area (Å²) in [5, 5.41) is 9.69. The molecule has 0 spiro atoms. The van der Waals surface area contributed by atoms with E-state index in [1.54, 1.807) is 32.9 Å². The molecule has 0 saturated carbocycles. The molecular formula is C25H29F3N2O6S. The third kappa shape index (κ3) is 5.53. The van der Waals surface area contributed by atoms with Gasteiger partial charge in [-0.3, -0.25) is 9.21 Å². The molecule has 12 heteroatoms. The SMILES string of the molecule is Cc1ccc(S(=O)(=O)N2C[C@H](CC(C)(C)C=O)Oc3ccc(N(C(=O)O)C(C)(C)C(F)(F)F)cc32)cc1. The van der Waals surface area contributed by atoms with E-state index in [9.17, 15) is 36.3 Å². The molecule has 1 N–H and O–H groups in total. The first-order valence-electron chi connectivity index (χ1n) is 11.4. The Kier molecular flexibility index (Phi) is 7.30. The molecule has 0 radical (unpaired) electrons. The molecule has 0 aliphatic carbocycles. The Hall–Kier alpha value is -3.28. The lowest BCUT2D eigenvalue weighted by Gasteiger charge is -2.40. The Bertz CT molecular complexity index is 1290. The number of ether oxygens (including phenoxy) is 1. The molecule has 2 aromatic carbocycles. The van der Waals surface area contributed by atoms with Gasteiger partial charge in [0.15, 0.2) is 0 Å². The second-order valence-electron chi connectivity index (χ2n) is 10.2. The number of aldehydes is 1. The third-order valence-electron chi connectivity index (χ3n) is 6.26. The quantitative estimate of drug-likeness (QED) is 0.471. The van der Waals surface area contributed by atoms with Gasteiger partial charge in [0.05, 0.1) is 22.8 Å². The molecule has 1 atom stereocenters. The van der Waals surface area contributed by atoms with Crippen molar-refractivity contribution in [3.05, 3.63) is 48.0 Å². The highest BCUT2D eigenvalue weighted by atomic mass is 32.2. The summed E-state index contributed by atoms with van der Waals surface area (Å²) < 4.78 is 75.6. The lowest BCUT2D eigenvalue weighted by Crippen LogP contribution is -2.57. The molecular weight excluding hydrogens is 513 g/mol. The first-order chi connectivity index (χ1) is 16.9. The van der Waals surface area contributed by atoms with Crippen LogP contribution in [0, 0.1) is 12.3 Å². The highest BCUT2D eigenvalue weighted by Crippen LogP contribution is 2.44. The zero-order chi connectivity index (χ0) is 28.0. The Labute approximate surface area is 213 Å². The molecule has 8 nitrogen and oxygen atoms in total. The number of aryl methyl sites for hydroxylation is 1. The number of carboxylic acid groups (broad SMARTS) is 1. The van der Waals surface area contributed by atoms with Crippen LogP contribution >= 0.6 is 0 Å². The number of alkyl halides is 3. The molecule has 0 unspecified atom stereocenters. The summed E-state index contributed by atoms with van der Waals surface area (Å²) in [5.74, 6) is 0.0348. The monoisotopic (exact) mass is 542 g/mol. The molecule has 0 saturated heterocycles. The van der Waals surface area contributed by atoms with E-state index in [-0.39, 0.29) is 39.9 Å². The van der Waals surface area contributed by atoms with E-state index in [1.807, 2.05) is 0 Å². The van der Waals surface area contributed by atoms with E-state index in [4.69, 9.17) is 4.74 Å². The molecule has 37 heavy (non-hydrogen) atoms. The van der Waals surface area contributed by atoms with Gasteiger partial charge in [0.25, 0.3) is 10.0 Å². The number of benzene rings is 2. The van der Waals surface area contributed by atoms with Crippen LogP contribution in [-0.2, 0) is 14.8 Å². The van der Waals surface area contributed by atoms with Crippen LogP contribution in [0.2, 0.25) is 0 Å². The number of amides is 1. The predicted octanol–water partition coefficient (Wildman–Crippen LogP) is 5.39. The lowest BCUT2D eigenvalue weighted by molar-refractivity contribution is -0.175. The second kappa shape index (κ2) is 9.55. The van der Waals surface area contributed by atoms with Crippen molar-refractivity contribution in [1.29, 1.82) is 0 Å². The van der Waals surface area contributed by atoms with E-state index >= 15 is 0 Å². The Morgan fingerprint density at radius 3 is 2.24 bits per heavy atom. The number of carbonyl (C=O) groups excluding carboxylic acids is 1. The fourth-order valence-corrected chi connectivity index (χ4v) is 5.54. The number of nitrogens with zero attached hydrogens (tertiary/aromatic N) is 2. The van der Waals surface area contributed by atoms with Crippen LogP contribution in [0.5, 0.6) is 5.75 Å². The summed E-state index contributed by atoms with van der Waals surface area (Å²) >= 11 is 0. The third-order valence-corrected chi connectivity index (χ3v) is 8.05. The average Bonchev–Trinajstić information content (AvgIpc) is 2.77. The van der Waals surface area contributed by atoms with Crippen LogP contribution in [-0.4, -0.2) is 50.3 Å². The number of hydrogen-bond donors (Lipinski definition) is 1. The van der Waals surface area contributed by atoms with Crippen molar-refractivity contribution in [1.82, 2.24) is 0 Å². The summed E-state index contributed by atoms with van der Waals surface area (Å²) in [4.78, 5) is 23.5. The number of carbonyl (C=O) groups is 2. The van der Waals surface area contributed by atoms with Crippen molar-refractivity contribution in [3.63, 3.8) is 0 Å². The van der Waals surface area contributed by atoms with Crippen molar-refractivity contribution >= 4 is 33.8 Å². The zero-order valence-corrected chi connectivity index (χ0v) is 21.9. The predicted molar refractivity (Wildman–Crippen MR) is 132 cm³/mol. The molecule has 0 fully saturated rings. The number of rotatable bonds is 7. The van der Waals surface area contributed by atoms with Crippen molar-refractivity contribution in [2.75, 3.05) is 15.7 Å². The molecule has 0 bridgehead atoms. The zero-order valence-electron chi connectivity index (χ0n) is 21.0. The van der Waals surface area contributed by atoms with Gasteiger partial charge in [-0.25, -0.2) is 13.2 Å². The summed E-state index contributed by atoms with van der Waals surface area (Å²) in [6.45, 7) is 6.33. The maximum Gasteiger partial charge on any atom is 0.412 e. The maximum atomic E-state index is 13.8. The minimum Gasteiger partial charge on any atom is -0.486 e. The molecule has 3 rings (SSSR count). The molecule has 1 aliphatic rings. The van der Waals surface area contributed by atoms with E-state index in [0.717, 1.165) is 42.1 Å². The standard InChI is InChI=1S/C25H29F3N2O6S/c1-16-6-9-19(10-7-16)37(34,35)29-14-18(13-23(2,3)15-31)36-21-11-8-17(12-20(21)29)30(22(32)33)24(4,5)25(26,27)28/h6-12,15,18H,13-14H2,1-5H3,(H,32,33)/t18-/m0/s1. The van der Waals surface area contributed by atoms with Crippen LogP contribution in [0.1, 0.15) is 39.7 Å². The minimum absolute atomic E-state index is 0.0348. The minimum atomic E-state index is -4.92. The Balaban J connectivity index is 2.19. The van der Waals surface area contributed by atoms with Gasteiger partial charge in [-0.15, -0.1) is 0 Å². The van der Waals surface area contributed by atoms with Gasteiger partial charge in [-0.1, -0.05) is 31.5 Å². The van der Waals surface area contributed by atoms with Crippen molar-refractivity contribution in [2.24, 2.45) is 5.41 Å². The molecule has 0 aromatic heterocycles. The van der Waals surface area contributed by atoms with Crippen molar-refractivity contribution < 1.29 is 41.0 Å². The van der Waals surface area contributed by atoms with Crippen molar-refractivity contribution in [2.45, 2.75) is 63.8 Å². The number of hydrogen-bond acceptors (Lipinski definition) is 5. The smallest absolute Gasteiger partial charge is 0.412 e. The molecule has 1 heterocycles. The Morgan fingerprint density at radius 1 is 1.14 bits per heavy atom. The van der Waals surface area contributed by atoms with E-state index in [2.05, 4.69) is 0 Å². The normalized spacial score (nSPS) is 16.5. The summed E-state index contributed by atoms with van der Waals surface area (Å²) in [5.41, 5.74) is -3.33. The number of halogens is 3. The van der Waals surface area contributed by atoms with Gasteiger partial charge in [0, 0.05) is 5.41 Å². The summed E-state index contributed by atoms with van der Waals surface area (Å²) in [6.07, 6.45) is -6.63. The van der Waals surface area contributed by atoms with Crippen LogP contribution in [0.3, 0.4) is 0 Å². The number of anilines is 2. The fraction of sp³-hybridized carbons (Fsp3) is 0.440. The second-order valence-corrected chi connectivity index (χ2v) is 12.1. The fourth-order valence-electron chi connectivity index (χ4n) is 4.04. The van der Waals surface area contributed by atoms with E-state index in [0.29, 0.717) is 0 Å². The highest BCUT2D eigenvalue weighted by Gasteiger charge is 2.54. The molecule has 1 aliphatic heterocycles. The summed E-state index contributed by atoms with van der Waals surface area (Å²) in [6, 6.07) is 9.46. The largest absolute Gasteiger partial charge is 0.486 e. The Morgan fingerprint density at radius 2 is 1.73 bits per heavy atom. The van der Waals surface area contributed by atoms with Crippen LogP contribution in [0.25, 0.3) is 0 Å². The molecule has 2 aromatic rings. The van der Waals surface area contributed by atoms with Crippen molar-refractivity contribution in [3.8, 4) is 5.75 Å². The molecule has 1 amide bonds. The first-order valence-corrected chi connectivity index (χ1v) is 12.8. The van der Waals surface area contributed by atoms with E-state index in [1.165, 1.54) is 18.2 Å². The lowest BCUT2D eigenvalue weighted by atomic mass is 9.88. The van der Waals surface area contributed by atoms with Gasteiger partial charge in [0.1, 0.15) is 23.7 Å². The van der Waals surface area contributed by atoms with Gasteiger partial charge >= 0.3 is 12.3 Å².